The van der Waals surface area contributed by atoms with E-state index in [-0.39, 0.29) is 12.4 Å². The van der Waals surface area contributed by atoms with Crippen molar-refractivity contribution in [3.8, 4) is 0 Å². The van der Waals surface area contributed by atoms with Crippen LogP contribution in [0.5, 0.6) is 0 Å². The van der Waals surface area contributed by atoms with Crippen LogP contribution in [-0.4, -0.2) is 36.0 Å². The number of benzene rings is 1. The molecule has 4 heteroatoms. The number of nitrogens with one attached hydrogen (secondary N) is 1. The van der Waals surface area contributed by atoms with Crippen molar-refractivity contribution >= 4 is 5.84 Å². The molecule has 0 atom stereocenters. The van der Waals surface area contributed by atoms with Gasteiger partial charge >= 0.3 is 0 Å². The molecule has 4 N–H and O–H groups in total. The van der Waals surface area contributed by atoms with Gasteiger partial charge in [0.25, 0.3) is 0 Å². The first-order valence-corrected chi connectivity index (χ1v) is 6.36. The molecule has 0 unspecified atom stereocenters. The zero-order valence-electron chi connectivity index (χ0n) is 11.0. The Morgan fingerprint density at radius 2 is 2.11 bits per heavy atom. The molecule has 0 heterocycles. The van der Waals surface area contributed by atoms with Gasteiger partial charge in [-0.25, -0.2) is 0 Å². The average Bonchev–Trinajstić information content (AvgIpc) is 2.35. The molecule has 1 aromatic rings. The Balaban J connectivity index is 2.41. The van der Waals surface area contributed by atoms with Crippen molar-refractivity contribution in [1.29, 1.82) is 5.41 Å². The zero-order valence-corrected chi connectivity index (χ0v) is 11.0. The van der Waals surface area contributed by atoms with Crippen LogP contribution in [0.1, 0.15) is 30.4 Å². The summed E-state index contributed by atoms with van der Waals surface area (Å²) in [5.41, 5.74) is 7.43. The predicted octanol–water partition coefficient (Wildman–Crippen LogP) is 1.57. The lowest BCUT2D eigenvalue weighted by Gasteiger charge is -2.16. The van der Waals surface area contributed by atoms with Gasteiger partial charge in [0.2, 0.25) is 0 Å². The number of aliphatic hydroxyl groups excluding tert-OH is 1. The van der Waals surface area contributed by atoms with Crippen LogP contribution < -0.4 is 5.73 Å². The van der Waals surface area contributed by atoms with Crippen molar-refractivity contribution in [3.63, 3.8) is 0 Å². The molecule has 1 aromatic carbocycles. The Labute approximate surface area is 109 Å². The molecule has 0 spiro atoms. The van der Waals surface area contributed by atoms with E-state index in [2.05, 4.69) is 18.0 Å². The van der Waals surface area contributed by atoms with Gasteiger partial charge in [0.1, 0.15) is 5.84 Å². The first-order chi connectivity index (χ1) is 8.63. The summed E-state index contributed by atoms with van der Waals surface area (Å²) in [5.74, 6) is 0.113. The van der Waals surface area contributed by atoms with Crippen molar-refractivity contribution in [1.82, 2.24) is 4.90 Å². The Hall–Kier alpha value is -1.39. The number of unbranched alkanes of at least 4 members (excludes halogenated alkanes) is 2. The number of nitrogen functional groups attached to an aromatic ring is 1. The van der Waals surface area contributed by atoms with E-state index in [0.29, 0.717) is 0 Å². The molecule has 0 bridgehead atoms. The summed E-state index contributed by atoms with van der Waals surface area (Å²) in [6, 6.07) is 7.81. The molecule has 0 aliphatic heterocycles. The van der Waals surface area contributed by atoms with E-state index in [9.17, 15) is 0 Å². The first kappa shape index (κ1) is 14.7. The van der Waals surface area contributed by atoms with Crippen molar-refractivity contribution in [2.45, 2.75) is 25.8 Å². The molecule has 0 saturated heterocycles. The van der Waals surface area contributed by atoms with Gasteiger partial charge < -0.3 is 15.7 Å². The highest BCUT2D eigenvalue weighted by Gasteiger charge is 2.02. The Morgan fingerprint density at radius 3 is 2.78 bits per heavy atom. The Kier molecular flexibility index (Phi) is 6.39. The first-order valence-electron chi connectivity index (χ1n) is 6.36. The van der Waals surface area contributed by atoms with E-state index in [1.165, 1.54) is 5.56 Å². The molecule has 0 aliphatic rings. The van der Waals surface area contributed by atoms with Crippen LogP contribution in [-0.2, 0) is 6.54 Å². The van der Waals surface area contributed by atoms with Crippen molar-refractivity contribution in [2.24, 2.45) is 5.73 Å². The maximum Gasteiger partial charge on any atom is 0.122 e. The molecule has 0 aliphatic carbocycles. The quantitative estimate of drug-likeness (QED) is 0.372. The molecule has 0 amide bonds. The fourth-order valence-corrected chi connectivity index (χ4v) is 1.90. The van der Waals surface area contributed by atoms with E-state index in [4.69, 9.17) is 16.2 Å². The van der Waals surface area contributed by atoms with Gasteiger partial charge in [-0.05, 0) is 44.5 Å². The third-order valence-electron chi connectivity index (χ3n) is 2.89. The second-order valence-corrected chi connectivity index (χ2v) is 4.64. The van der Waals surface area contributed by atoms with E-state index >= 15 is 0 Å². The monoisotopic (exact) mass is 249 g/mol. The largest absolute Gasteiger partial charge is 0.396 e. The summed E-state index contributed by atoms with van der Waals surface area (Å²) >= 11 is 0. The summed E-state index contributed by atoms with van der Waals surface area (Å²) < 4.78 is 0. The number of rotatable bonds is 8. The molecule has 0 saturated carbocycles. The number of nitrogens with two attached hydrogens (primary N) is 1. The van der Waals surface area contributed by atoms with Gasteiger partial charge in [-0.3, -0.25) is 5.41 Å². The van der Waals surface area contributed by atoms with Gasteiger partial charge in [0.15, 0.2) is 0 Å². The van der Waals surface area contributed by atoms with Crippen molar-refractivity contribution in [2.75, 3.05) is 20.2 Å². The molecule has 0 radical (unpaired) electrons. The lowest BCUT2D eigenvalue weighted by Crippen LogP contribution is -2.19. The van der Waals surface area contributed by atoms with Crippen LogP contribution >= 0.6 is 0 Å². The lowest BCUT2D eigenvalue weighted by molar-refractivity contribution is 0.271. The number of hydrogen-bond donors (Lipinski definition) is 3. The van der Waals surface area contributed by atoms with E-state index < -0.39 is 0 Å². The maximum absolute atomic E-state index is 8.70. The van der Waals surface area contributed by atoms with Crippen LogP contribution in [0.3, 0.4) is 0 Å². The minimum absolute atomic E-state index is 0.113. The van der Waals surface area contributed by atoms with Crippen LogP contribution in [0.2, 0.25) is 0 Å². The average molecular weight is 249 g/mol. The molecule has 100 valence electrons. The highest BCUT2D eigenvalue weighted by Crippen LogP contribution is 2.08. The van der Waals surface area contributed by atoms with Gasteiger partial charge in [-0.2, -0.15) is 0 Å². The summed E-state index contributed by atoms with van der Waals surface area (Å²) in [4.78, 5) is 2.25. The number of hydrogen-bond acceptors (Lipinski definition) is 3. The van der Waals surface area contributed by atoms with Crippen LogP contribution in [0.25, 0.3) is 0 Å². The Bertz CT molecular complexity index is 379. The molecule has 4 nitrogen and oxygen atoms in total. The van der Waals surface area contributed by atoms with Gasteiger partial charge in [-0.1, -0.05) is 18.2 Å². The smallest absolute Gasteiger partial charge is 0.122 e. The third kappa shape index (κ3) is 5.29. The Morgan fingerprint density at radius 1 is 1.33 bits per heavy atom. The molecule has 1 rings (SSSR count). The molecular weight excluding hydrogens is 226 g/mol. The predicted molar refractivity (Wildman–Crippen MR) is 74.7 cm³/mol. The van der Waals surface area contributed by atoms with E-state index in [1.54, 1.807) is 0 Å². The van der Waals surface area contributed by atoms with Crippen molar-refractivity contribution in [3.05, 3.63) is 35.4 Å². The van der Waals surface area contributed by atoms with E-state index in [1.807, 2.05) is 18.2 Å². The fourth-order valence-electron chi connectivity index (χ4n) is 1.90. The zero-order chi connectivity index (χ0) is 13.4. The number of amidine groups is 1. The van der Waals surface area contributed by atoms with Crippen molar-refractivity contribution < 1.29 is 5.11 Å². The summed E-state index contributed by atoms with van der Waals surface area (Å²) in [7, 11) is 2.08. The van der Waals surface area contributed by atoms with E-state index in [0.717, 1.165) is 37.9 Å². The lowest BCUT2D eigenvalue weighted by atomic mass is 10.1. The SMILES string of the molecule is CN(CCCCCO)Cc1cccc(C(=N)N)c1. The second kappa shape index (κ2) is 7.84. The standard InChI is InChI=1S/C14H23N3O/c1-17(8-3-2-4-9-18)11-12-6-5-7-13(10-12)14(15)16/h5-7,10,18H,2-4,8-9,11H2,1H3,(H3,15,16). The molecule has 0 fully saturated rings. The van der Waals surface area contributed by atoms with Crippen LogP contribution in [0.4, 0.5) is 0 Å². The number of nitrogens with zero attached hydrogens (tertiary/aromatic N) is 1. The minimum atomic E-state index is 0.113. The molecular formula is C14H23N3O. The highest BCUT2D eigenvalue weighted by molar-refractivity contribution is 5.95. The van der Waals surface area contributed by atoms with Gasteiger partial charge in [0, 0.05) is 18.7 Å². The fraction of sp³-hybridized carbons (Fsp3) is 0.500. The minimum Gasteiger partial charge on any atom is -0.396 e. The number of aliphatic hydroxyl groups is 1. The summed E-state index contributed by atoms with van der Waals surface area (Å²) in [6.07, 6.45) is 3.05. The normalized spacial score (nSPS) is 10.8. The van der Waals surface area contributed by atoms with Gasteiger partial charge in [0.05, 0.1) is 0 Å². The molecule has 18 heavy (non-hydrogen) atoms. The third-order valence-corrected chi connectivity index (χ3v) is 2.89. The second-order valence-electron chi connectivity index (χ2n) is 4.64. The molecule has 0 aromatic heterocycles. The van der Waals surface area contributed by atoms with Gasteiger partial charge in [-0.15, -0.1) is 0 Å². The van der Waals surface area contributed by atoms with Crippen LogP contribution in [0.15, 0.2) is 24.3 Å². The topological polar surface area (TPSA) is 73.3 Å². The highest BCUT2D eigenvalue weighted by atomic mass is 16.2. The maximum atomic E-state index is 8.70. The summed E-state index contributed by atoms with van der Waals surface area (Å²) in [6.45, 7) is 2.16. The van der Waals surface area contributed by atoms with Crippen LogP contribution in [0, 0.1) is 5.41 Å². The summed E-state index contributed by atoms with van der Waals surface area (Å²) in [5, 5.41) is 16.1.